The maximum atomic E-state index is 5.70. The van der Waals surface area contributed by atoms with E-state index in [0.29, 0.717) is 0 Å². The van der Waals surface area contributed by atoms with Crippen LogP contribution in [0.5, 0.6) is 0 Å². The highest BCUT2D eigenvalue weighted by atomic mass is 16.3. The van der Waals surface area contributed by atoms with Gasteiger partial charge in [-0.3, -0.25) is 4.90 Å². The van der Waals surface area contributed by atoms with Crippen LogP contribution in [0.4, 0.5) is 0 Å². The molecule has 17 heavy (non-hydrogen) atoms. The molecule has 0 spiro atoms. The molecule has 1 aromatic rings. The quantitative estimate of drug-likeness (QED) is 0.703. The molecule has 1 aromatic heterocycles. The van der Waals surface area contributed by atoms with Gasteiger partial charge in [0.2, 0.25) is 0 Å². The first-order chi connectivity index (χ1) is 8.21. The van der Waals surface area contributed by atoms with Crippen molar-refractivity contribution >= 4 is 0 Å². The van der Waals surface area contributed by atoms with E-state index in [4.69, 9.17) is 4.42 Å². The maximum Gasteiger partial charge on any atom is 0.118 e. The van der Waals surface area contributed by atoms with Crippen molar-refractivity contribution in [3.63, 3.8) is 0 Å². The van der Waals surface area contributed by atoms with Crippen LogP contribution in [-0.4, -0.2) is 25.0 Å². The van der Waals surface area contributed by atoms with E-state index in [9.17, 15) is 0 Å². The fourth-order valence-corrected chi connectivity index (χ4v) is 1.98. The number of nitrogens with one attached hydrogen (secondary N) is 1. The summed E-state index contributed by atoms with van der Waals surface area (Å²) < 4.78 is 5.70. The minimum absolute atomic E-state index is 0.788. The Balaban J connectivity index is 2.67. The van der Waals surface area contributed by atoms with Crippen LogP contribution in [0.1, 0.15) is 30.4 Å². The second-order valence-corrected chi connectivity index (χ2v) is 4.35. The van der Waals surface area contributed by atoms with Crippen molar-refractivity contribution in [1.29, 1.82) is 0 Å². The van der Waals surface area contributed by atoms with Crippen LogP contribution in [0.25, 0.3) is 0 Å². The topological polar surface area (TPSA) is 28.4 Å². The van der Waals surface area contributed by atoms with Crippen LogP contribution in [0, 0.1) is 6.92 Å². The highest BCUT2D eigenvalue weighted by Gasteiger charge is 2.10. The van der Waals surface area contributed by atoms with Gasteiger partial charge in [-0.1, -0.05) is 13.0 Å². The normalized spacial score (nSPS) is 11.1. The zero-order chi connectivity index (χ0) is 12.7. The molecule has 1 rings (SSSR count). The number of rotatable bonds is 8. The van der Waals surface area contributed by atoms with E-state index in [1.165, 1.54) is 5.56 Å². The Morgan fingerprint density at radius 2 is 2.29 bits per heavy atom. The summed E-state index contributed by atoms with van der Waals surface area (Å²) in [4.78, 5) is 2.38. The van der Waals surface area contributed by atoms with Crippen LogP contribution in [0.3, 0.4) is 0 Å². The molecule has 0 fully saturated rings. The van der Waals surface area contributed by atoms with Gasteiger partial charge in [0.05, 0.1) is 6.54 Å². The van der Waals surface area contributed by atoms with Crippen LogP contribution < -0.4 is 5.32 Å². The Kier molecular flexibility index (Phi) is 6.01. The molecule has 0 saturated heterocycles. The summed E-state index contributed by atoms with van der Waals surface area (Å²) in [5.41, 5.74) is 1.28. The third-order valence-electron chi connectivity index (χ3n) is 2.74. The second-order valence-electron chi connectivity index (χ2n) is 4.35. The van der Waals surface area contributed by atoms with E-state index in [1.807, 2.05) is 20.0 Å². The summed E-state index contributed by atoms with van der Waals surface area (Å²) in [6.45, 7) is 11.8. The SMILES string of the molecule is C=CCN(CCC)Cc1cc(CNC)oc1C. The average Bonchev–Trinajstić information content (AvgIpc) is 2.60. The molecule has 0 saturated carbocycles. The van der Waals surface area contributed by atoms with E-state index in [2.05, 4.69) is 29.8 Å². The van der Waals surface area contributed by atoms with Crippen LogP contribution >= 0.6 is 0 Å². The predicted octanol–water partition coefficient (Wildman–Crippen LogP) is 2.71. The minimum atomic E-state index is 0.788. The molecule has 1 heterocycles. The van der Waals surface area contributed by atoms with Crippen molar-refractivity contribution in [3.05, 3.63) is 35.8 Å². The van der Waals surface area contributed by atoms with Crippen molar-refractivity contribution in [2.45, 2.75) is 33.4 Å². The molecule has 0 atom stereocenters. The Labute approximate surface area is 104 Å². The van der Waals surface area contributed by atoms with E-state index in [1.54, 1.807) is 0 Å². The van der Waals surface area contributed by atoms with Gasteiger partial charge in [-0.25, -0.2) is 0 Å². The van der Waals surface area contributed by atoms with E-state index in [-0.39, 0.29) is 0 Å². The molecule has 0 bridgehead atoms. The molecule has 0 amide bonds. The lowest BCUT2D eigenvalue weighted by atomic mass is 10.2. The van der Waals surface area contributed by atoms with E-state index >= 15 is 0 Å². The molecule has 0 aliphatic carbocycles. The lowest BCUT2D eigenvalue weighted by Gasteiger charge is -2.19. The van der Waals surface area contributed by atoms with Gasteiger partial charge in [-0.15, -0.1) is 6.58 Å². The summed E-state index contributed by atoms with van der Waals surface area (Å²) in [6.07, 6.45) is 3.12. The highest BCUT2D eigenvalue weighted by molar-refractivity contribution is 5.20. The molecule has 0 radical (unpaired) electrons. The highest BCUT2D eigenvalue weighted by Crippen LogP contribution is 2.16. The summed E-state index contributed by atoms with van der Waals surface area (Å²) >= 11 is 0. The first kappa shape index (κ1) is 14.0. The van der Waals surface area contributed by atoms with E-state index < -0.39 is 0 Å². The fourth-order valence-electron chi connectivity index (χ4n) is 1.98. The number of hydrogen-bond acceptors (Lipinski definition) is 3. The molecule has 1 N–H and O–H groups in total. The van der Waals surface area contributed by atoms with Gasteiger partial charge in [-0.2, -0.15) is 0 Å². The van der Waals surface area contributed by atoms with Crippen molar-refractivity contribution in [3.8, 4) is 0 Å². The average molecular weight is 236 g/mol. The molecule has 0 unspecified atom stereocenters. The second kappa shape index (κ2) is 7.30. The minimum Gasteiger partial charge on any atom is -0.465 e. The summed E-state index contributed by atoms with van der Waals surface area (Å²) in [5, 5.41) is 3.10. The van der Waals surface area contributed by atoms with Gasteiger partial charge in [0.1, 0.15) is 11.5 Å². The predicted molar refractivity (Wildman–Crippen MR) is 72.0 cm³/mol. The van der Waals surface area contributed by atoms with Crippen molar-refractivity contribution < 1.29 is 4.42 Å². The standard InChI is InChI=1S/C14H24N2O/c1-5-7-16(8-6-2)11-13-9-14(10-15-4)17-12(13)3/h5,9,15H,1,6-8,10-11H2,2-4H3. The van der Waals surface area contributed by atoms with Crippen molar-refractivity contribution in [2.75, 3.05) is 20.1 Å². The smallest absolute Gasteiger partial charge is 0.118 e. The first-order valence-corrected chi connectivity index (χ1v) is 6.27. The third-order valence-corrected chi connectivity index (χ3v) is 2.74. The summed E-state index contributed by atoms with van der Waals surface area (Å²) in [7, 11) is 1.93. The van der Waals surface area contributed by atoms with Gasteiger partial charge in [-0.05, 0) is 33.0 Å². The van der Waals surface area contributed by atoms with Gasteiger partial charge in [0.25, 0.3) is 0 Å². The van der Waals surface area contributed by atoms with Crippen molar-refractivity contribution in [2.24, 2.45) is 0 Å². The van der Waals surface area contributed by atoms with Crippen LogP contribution in [0.2, 0.25) is 0 Å². The van der Waals surface area contributed by atoms with Gasteiger partial charge in [0, 0.05) is 18.7 Å². The molecule has 0 aliphatic heterocycles. The zero-order valence-corrected chi connectivity index (χ0v) is 11.3. The fraction of sp³-hybridized carbons (Fsp3) is 0.571. The Morgan fingerprint density at radius 1 is 1.53 bits per heavy atom. The number of nitrogens with zero attached hydrogens (tertiary/aromatic N) is 1. The largest absolute Gasteiger partial charge is 0.465 e. The zero-order valence-electron chi connectivity index (χ0n) is 11.3. The lowest BCUT2D eigenvalue weighted by Crippen LogP contribution is -2.24. The lowest BCUT2D eigenvalue weighted by molar-refractivity contribution is 0.293. The monoisotopic (exact) mass is 236 g/mol. The summed E-state index contributed by atoms with van der Waals surface area (Å²) in [5.74, 6) is 2.04. The van der Waals surface area contributed by atoms with Gasteiger partial charge in [0.15, 0.2) is 0 Å². The molecule has 0 aliphatic rings. The molecular weight excluding hydrogens is 212 g/mol. The Morgan fingerprint density at radius 3 is 2.88 bits per heavy atom. The molecule has 96 valence electrons. The Bertz CT molecular complexity index is 344. The number of hydrogen-bond donors (Lipinski definition) is 1. The van der Waals surface area contributed by atoms with Gasteiger partial charge >= 0.3 is 0 Å². The summed E-state index contributed by atoms with van der Waals surface area (Å²) in [6, 6.07) is 2.15. The molecule has 3 nitrogen and oxygen atoms in total. The molecule has 3 heteroatoms. The van der Waals surface area contributed by atoms with E-state index in [0.717, 1.165) is 44.1 Å². The number of furan rings is 1. The first-order valence-electron chi connectivity index (χ1n) is 6.27. The third kappa shape index (κ3) is 4.36. The molecular formula is C14H24N2O. The van der Waals surface area contributed by atoms with Gasteiger partial charge < -0.3 is 9.73 Å². The Hall–Kier alpha value is -1.06. The molecule has 0 aromatic carbocycles. The maximum absolute atomic E-state index is 5.70. The van der Waals surface area contributed by atoms with Crippen molar-refractivity contribution in [1.82, 2.24) is 10.2 Å². The van der Waals surface area contributed by atoms with Crippen LogP contribution in [0.15, 0.2) is 23.1 Å². The van der Waals surface area contributed by atoms with Crippen LogP contribution in [-0.2, 0) is 13.1 Å². The number of aryl methyl sites for hydroxylation is 1.